The summed E-state index contributed by atoms with van der Waals surface area (Å²) in [6, 6.07) is 8.56. The number of aliphatic hydroxyl groups excluding tert-OH is 1. The number of hydrogen-bond acceptors (Lipinski definition) is 6. The van der Waals surface area contributed by atoms with Crippen molar-refractivity contribution in [1.29, 1.82) is 0 Å². The highest BCUT2D eigenvalue weighted by molar-refractivity contribution is 6.32. The van der Waals surface area contributed by atoms with Crippen molar-refractivity contribution in [2.45, 2.75) is 19.9 Å². The molecule has 0 saturated carbocycles. The number of ketones is 2. The summed E-state index contributed by atoms with van der Waals surface area (Å²) in [4.78, 5) is 26.0. The molecule has 2 aromatic rings. The molecule has 25 heavy (non-hydrogen) atoms. The van der Waals surface area contributed by atoms with Gasteiger partial charge in [0.2, 0.25) is 0 Å². The summed E-state index contributed by atoms with van der Waals surface area (Å²) in [6.07, 6.45) is 0. The number of hydrogen-bond donors (Lipinski definition) is 4. The Morgan fingerprint density at radius 2 is 1.64 bits per heavy atom. The quantitative estimate of drug-likeness (QED) is 0.532. The van der Waals surface area contributed by atoms with E-state index in [0.717, 1.165) is 0 Å². The summed E-state index contributed by atoms with van der Waals surface area (Å²) in [5.74, 6) is -0.476. The van der Waals surface area contributed by atoms with Gasteiger partial charge in [-0.2, -0.15) is 0 Å². The van der Waals surface area contributed by atoms with E-state index >= 15 is 0 Å². The molecule has 130 valence electrons. The van der Waals surface area contributed by atoms with Crippen molar-refractivity contribution in [3.63, 3.8) is 0 Å². The average molecular weight is 339 g/mol. The van der Waals surface area contributed by atoms with Crippen molar-refractivity contribution in [2.24, 2.45) is 0 Å². The Morgan fingerprint density at radius 3 is 2.20 bits per heavy atom. The molecule has 0 aliphatic heterocycles. The van der Waals surface area contributed by atoms with Gasteiger partial charge in [0.15, 0.2) is 11.6 Å². The Morgan fingerprint density at radius 1 is 1.04 bits per heavy atom. The number of nitrogens with one attached hydrogen (secondary N) is 2. The molecule has 1 aliphatic carbocycles. The van der Waals surface area contributed by atoms with Gasteiger partial charge in [0.25, 0.3) is 0 Å². The lowest BCUT2D eigenvalue weighted by atomic mass is 9.82. The molecule has 0 saturated heterocycles. The van der Waals surface area contributed by atoms with E-state index in [2.05, 4.69) is 10.6 Å². The fraction of sp³-hybridized carbons (Fsp3) is 0.263. The zero-order valence-corrected chi connectivity index (χ0v) is 14.2. The van der Waals surface area contributed by atoms with Gasteiger partial charge in [-0.15, -0.1) is 0 Å². The van der Waals surface area contributed by atoms with Gasteiger partial charge in [0, 0.05) is 29.4 Å². The van der Waals surface area contributed by atoms with Crippen LogP contribution in [0.4, 0.5) is 17.1 Å². The van der Waals surface area contributed by atoms with Gasteiger partial charge in [-0.25, -0.2) is 0 Å². The summed E-state index contributed by atoms with van der Waals surface area (Å²) in [6.45, 7) is 4.13. The number of anilines is 3. The topological polar surface area (TPSA) is 104 Å². The predicted molar refractivity (Wildman–Crippen MR) is 98.5 cm³/mol. The van der Waals surface area contributed by atoms with E-state index in [1.165, 1.54) is 0 Å². The minimum Gasteiger partial charge on any atom is -0.396 e. The number of nitrogen functional groups attached to an aromatic ring is 1. The molecule has 0 unspecified atom stereocenters. The number of fused-ring (bicyclic) bond motifs is 2. The van der Waals surface area contributed by atoms with Crippen LogP contribution in [-0.4, -0.2) is 35.9 Å². The maximum atomic E-state index is 13.0. The molecule has 0 heterocycles. The molecule has 3 rings (SSSR count). The van der Waals surface area contributed by atoms with E-state index in [4.69, 9.17) is 10.8 Å². The number of nitrogens with two attached hydrogens (primary N) is 1. The molecule has 6 nitrogen and oxygen atoms in total. The van der Waals surface area contributed by atoms with Crippen LogP contribution in [0, 0.1) is 0 Å². The minimum absolute atomic E-state index is 0.0680. The normalized spacial score (nSPS) is 12.8. The smallest absolute Gasteiger partial charge is 0.196 e. The van der Waals surface area contributed by atoms with Crippen molar-refractivity contribution in [1.82, 2.24) is 0 Å². The summed E-state index contributed by atoms with van der Waals surface area (Å²) in [7, 11) is 0. The van der Waals surface area contributed by atoms with E-state index in [-0.39, 0.29) is 35.5 Å². The first-order valence-electron chi connectivity index (χ1n) is 8.21. The van der Waals surface area contributed by atoms with E-state index in [1.807, 2.05) is 13.8 Å². The van der Waals surface area contributed by atoms with E-state index < -0.39 is 0 Å². The molecule has 2 aromatic carbocycles. The molecular weight excluding hydrogens is 318 g/mol. The first-order valence-corrected chi connectivity index (χ1v) is 8.21. The van der Waals surface area contributed by atoms with Gasteiger partial charge in [-0.1, -0.05) is 24.3 Å². The highest BCUT2D eigenvalue weighted by Crippen LogP contribution is 2.39. The van der Waals surface area contributed by atoms with Crippen molar-refractivity contribution in [2.75, 3.05) is 29.5 Å². The van der Waals surface area contributed by atoms with Gasteiger partial charge >= 0.3 is 0 Å². The third-order valence-corrected chi connectivity index (χ3v) is 4.11. The lowest BCUT2D eigenvalue weighted by Gasteiger charge is -2.25. The Labute approximate surface area is 146 Å². The monoisotopic (exact) mass is 339 g/mol. The highest BCUT2D eigenvalue weighted by Gasteiger charge is 2.34. The maximum Gasteiger partial charge on any atom is 0.196 e. The van der Waals surface area contributed by atoms with Crippen LogP contribution >= 0.6 is 0 Å². The number of carbonyl (C=O) groups excluding carboxylic acids is 2. The molecule has 0 aromatic heterocycles. The fourth-order valence-electron chi connectivity index (χ4n) is 3.08. The van der Waals surface area contributed by atoms with Gasteiger partial charge in [-0.3, -0.25) is 9.59 Å². The Balaban J connectivity index is 2.26. The zero-order valence-electron chi connectivity index (χ0n) is 14.2. The Kier molecular flexibility index (Phi) is 4.46. The molecule has 1 aliphatic rings. The zero-order chi connectivity index (χ0) is 18.1. The number of aliphatic hydroxyl groups is 1. The van der Waals surface area contributed by atoms with Gasteiger partial charge in [-0.05, 0) is 19.9 Å². The second-order valence-corrected chi connectivity index (χ2v) is 6.29. The van der Waals surface area contributed by atoms with E-state index in [1.54, 1.807) is 30.3 Å². The fourth-order valence-corrected chi connectivity index (χ4v) is 3.08. The molecule has 0 atom stereocenters. The summed E-state index contributed by atoms with van der Waals surface area (Å²) in [5, 5.41) is 15.3. The first-order chi connectivity index (χ1) is 12.0. The summed E-state index contributed by atoms with van der Waals surface area (Å²) >= 11 is 0. The standard InChI is InChI=1S/C19H21N3O3/c1-10(2)22-13-9-14(21-7-8-23)17(20)16-15(13)18(24)11-5-3-4-6-12(11)19(16)25/h3-6,9-10,21-23H,7-8,20H2,1-2H3. The number of benzene rings is 2. The maximum absolute atomic E-state index is 13.0. The van der Waals surface area contributed by atoms with Crippen LogP contribution in [-0.2, 0) is 0 Å². The van der Waals surface area contributed by atoms with Crippen LogP contribution in [0.3, 0.4) is 0 Å². The molecule has 0 radical (unpaired) electrons. The molecule has 5 N–H and O–H groups in total. The molecule has 0 bridgehead atoms. The third-order valence-electron chi connectivity index (χ3n) is 4.11. The van der Waals surface area contributed by atoms with Gasteiger partial charge in [0.1, 0.15) is 0 Å². The molecule has 6 heteroatoms. The van der Waals surface area contributed by atoms with Crippen molar-refractivity contribution >= 4 is 28.6 Å². The van der Waals surface area contributed by atoms with Crippen molar-refractivity contribution in [3.05, 3.63) is 52.6 Å². The lowest BCUT2D eigenvalue weighted by Crippen LogP contribution is -2.26. The minimum atomic E-state index is -0.262. The third kappa shape index (κ3) is 2.85. The average Bonchev–Trinajstić information content (AvgIpc) is 2.59. The molecular formula is C19H21N3O3. The van der Waals surface area contributed by atoms with Crippen molar-refractivity contribution in [3.8, 4) is 0 Å². The van der Waals surface area contributed by atoms with Crippen LogP contribution in [0.2, 0.25) is 0 Å². The second kappa shape index (κ2) is 6.57. The Hall–Kier alpha value is -2.86. The van der Waals surface area contributed by atoms with Crippen LogP contribution in [0.15, 0.2) is 30.3 Å². The molecule has 0 amide bonds. The first kappa shape index (κ1) is 17.0. The van der Waals surface area contributed by atoms with Crippen LogP contribution < -0.4 is 16.4 Å². The Bertz CT molecular complexity index is 859. The van der Waals surface area contributed by atoms with Gasteiger partial charge < -0.3 is 21.5 Å². The van der Waals surface area contributed by atoms with Crippen LogP contribution in [0.25, 0.3) is 0 Å². The van der Waals surface area contributed by atoms with Gasteiger partial charge in [0.05, 0.1) is 29.1 Å². The number of carbonyl (C=O) groups is 2. The molecule has 0 fully saturated rings. The van der Waals surface area contributed by atoms with Crippen LogP contribution in [0.5, 0.6) is 0 Å². The summed E-state index contributed by atoms with van der Waals surface area (Å²) < 4.78 is 0. The predicted octanol–water partition coefficient (Wildman–Crippen LogP) is 2.27. The summed E-state index contributed by atoms with van der Waals surface area (Å²) in [5.41, 5.74) is 8.80. The largest absolute Gasteiger partial charge is 0.396 e. The van der Waals surface area contributed by atoms with E-state index in [9.17, 15) is 9.59 Å². The molecule has 0 spiro atoms. The SMILES string of the molecule is CC(C)Nc1cc(NCCO)c(N)c2c1C(=O)c1ccccc1C2=O. The lowest BCUT2D eigenvalue weighted by molar-refractivity contribution is 0.0980. The highest BCUT2D eigenvalue weighted by atomic mass is 16.3. The van der Waals surface area contributed by atoms with Crippen LogP contribution in [0.1, 0.15) is 45.7 Å². The number of rotatable bonds is 5. The second-order valence-electron chi connectivity index (χ2n) is 6.29. The van der Waals surface area contributed by atoms with Crippen molar-refractivity contribution < 1.29 is 14.7 Å². The van der Waals surface area contributed by atoms with E-state index in [0.29, 0.717) is 34.6 Å².